The molecule has 0 spiro atoms. The lowest BCUT2D eigenvalue weighted by Crippen LogP contribution is -2.55. The number of anilines is 1. The van der Waals surface area contributed by atoms with Crippen LogP contribution in [0.4, 0.5) is 10.1 Å². The van der Waals surface area contributed by atoms with Crippen molar-refractivity contribution in [3.63, 3.8) is 0 Å². The Balaban J connectivity index is 1.60. The van der Waals surface area contributed by atoms with Crippen molar-refractivity contribution in [3.8, 4) is 0 Å². The van der Waals surface area contributed by atoms with Gasteiger partial charge in [0.2, 0.25) is 11.8 Å². The lowest BCUT2D eigenvalue weighted by atomic mass is 9.94. The maximum absolute atomic E-state index is 15.4. The summed E-state index contributed by atoms with van der Waals surface area (Å²) in [6.07, 6.45) is 4.85. The summed E-state index contributed by atoms with van der Waals surface area (Å²) in [7, 11) is -4.45. The number of amides is 2. The number of aryl methyl sites for hydroxylation is 1. The molecule has 0 unspecified atom stereocenters. The summed E-state index contributed by atoms with van der Waals surface area (Å²) in [6, 6.07) is 24.5. The molecule has 2 amide bonds. The van der Waals surface area contributed by atoms with Crippen LogP contribution in [0.15, 0.2) is 102 Å². The fourth-order valence-corrected chi connectivity index (χ4v) is 7.90. The van der Waals surface area contributed by atoms with Crippen LogP contribution >= 0.6 is 23.2 Å². The molecule has 252 valence electrons. The molecule has 1 aliphatic carbocycles. The van der Waals surface area contributed by atoms with Crippen molar-refractivity contribution in [1.29, 1.82) is 0 Å². The molecule has 48 heavy (non-hydrogen) atoms. The monoisotopic (exact) mass is 709 g/mol. The van der Waals surface area contributed by atoms with E-state index in [-0.39, 0.29) is 45.5 Å². The van der Waals surface area contributed by atoms with Crippen molar-refractivity contribution < 1.29 is 22.4 Å². The second kappa shape index (κ2) is 16.0. The van der Waals surface area contributed by atoms with E-state index in [1.807, 2.05) is 37.3 Å². The first-order valence-electron chi connectivity index (χ1n) is 15.9. The molecule has 1 saturated carbocycles. The van der Waals surface area contributed by atoms with Gasteiger partial charge in [0, 0.05) is 34.6 Å². The summed E-state index contributed by atoms with van der Waals surface area (Å²) in [5.74, 6) is -1.93. The molecule has 11 heteroatoms. The zero-order valence-corrected chi connectivity index (χ0v) is 28.9. The lowest BCUT2D eigenvalue weighted by molar-refractivity contribution is -0.140. The summed E-state index contributed by atoms with van der Waals surface area (Å²) in [4.78, 5) is 30.1. The van der Waals surface area contributed by atoms with Gasteiger partial charge in [-0.15, -0.1) is 0 Å². The quantitative estimate of drug-likeness (QED) is 0.163. The van der Waals surface area contributed by atoms with Gasteiger partial charge in [-0.05, 0) is 61.7 Å². The number of para-hydroxylation sites is 1. The van der Waals surface area contributed by atoms with Crippen LogP contribution in [0, 0.1) is 12.7 Å². The first-order chi connectivity index (χ1) is 23.0. The molecule has 0 heterocycles. The highest BCUT2D eigenvalue weighted by Gasteiger charge is 2.36. The molecule has 1 atom stereocenters. The van der Waals surface area contributed by atoms with Gasteiger partial charge in [0.05, 0.1) is 10.6 Å². The van der Waals surface area contributed by atoms with Crippen molar-refractivity contribution in [2.75, 3.05) is 10.8 Å². The van der Waals surface area contributed by atoms with Gasteiger partial charge >= 0.3 is 0 Å². The lowest BCUT2D eigenvalue weighted by Gasteiger charge is -2.35. The van der Waals surface area contributed by atoms with E-state index in [2.05, 4.69) is 5.32 Å². The van der Waals surface area contributed by atoms with Gasteiger partial charge in [-0.1, -0.05) is 109 Å². The Morgan fingerprint density at radius 3 is 2.12 bits per heavy atom. The third-order valence-corrected chi connectivity index (χ3v) is 11.1. The van der Waals surface area contributed by atoms with Crippen LogP contribution in [0.1, 0.15) is 48.8 Å². The highest BCUT2D eigenvalue weighted by atomic mass is 35.5. The second-order valence-electron chi connectivity index (χ2n) is 12.0. The molecule has 1 aliphatic rings. The highest BCUT2D eigenvalue weighted by molar-refractivity contribution is 7.92. The van der Waals surface area contributed by atoms with Gasteiger partial charge in [-0.2, -0.15) is 0 Å². The Labute approximate surface area is 291 Å². The van der Waals surface area contributed by atoms with E-state index >= 15 is 4.39 Å². The zero-order chi connectivity index (χ0) is 34.3. The van der Waals surface area contributed by atoms with Gasteiger partial charge in [-0.25, -0.2) is 12.8 Å². The van der Waals surface area contributed by atoms with Crippen molar-refractivity contribution in [2.24, 2.45) is 0 Å². The Hall–Kier alpha value is -3.92. The molecule has 5 rings (SSSR count). The number of benzene rings is 4. The number of carbonyl (C=O) groups excluding carboxylic acids is 2. The predicted molar refractivity (Wildman–Crippen MR) is 188 cm³/mol. The number of hydrogen-bond acceptors (Lipinski definition) is 4. The normalized spacial score (nSPS) is 14.2. The van der Waals surface area contributed by atoms with Gasteiger partial charge in [0.15, 0.2) is 0 Å². The molecule has 1 fully saturated rings. The second-order valence-corrected chi connectivity index (χ2v) is 14.7. The molecule has 7 nitrogen and oxygen atoms in total. The van der Waals surface area contributed by atoms with Crippen LogP contribution in [0.25, 0.3) is 0 Å². The third kappa shape index (κ3) is 8.56. The number of nitrogens with one attached hydrogen (secondary N) is 1. The molecule has 0 bridgehead atoms. The SMILES string of the molecule is Cc1ccc(S(=O)(=O)N(CC(=O)N(Cc2c(Cl)cccc2Cl)[C@H](Cc2ccccc2)C(=O)NC2CCCCC2)c2ccccc2F)cc1. The van der Waals surface area contributed by atoms with Crippen LogP contribution in [0.2, 0.25) is 10.0 Å². The smallest absolute Gasteiger partial charge is 0.264 e. The summed E-state index contributed by atoms with van der Waals surface area (Å²) in [5, 5.41) is 3.72. The number of rotatable bonds is 12. The molecule has 1 N–H and O–H groups in total. The van der Waals surface area contributed by atoms with Crippen LogP contribution in [-0.4, -0.2) is 43.8 Å². The summed E-state index contributed by atoms with van der Waals surface area (Å²) in [6.45, 7) is 0.835. The number of hydrogen-bond donors (Lipinski definition) is 1. The van der Waals surface area contributed by atoms with Crippen LogP contribution in [-0.2, 0) is 32.6 Å². The summed E-state index contributed by atoms with van der Waals surface area (Å²) >= 11 is 13.2. The maximum atomic E-state index is 15.4. The molecule has 0 saturated heterocycles. The van der Waals surface area contributed by atoms with Crippen molar-refractivity contribution >= 4 is 50.7 Å². The first-order valence-corrected chi connectivity index (χ1v) is 18.1. The number of carbonyl (C=O) groups is 2. The predicted octanol–water partition coefficient (Wildman–Crippen LogP) is 7.73. The minimum Gasteiger partial charge on any atom is -0.352 e. The Morgan fingerprint density at radius 1 is 0.854 bits per heavy atom. The van der Waals surface area contributed by atoms with Crippen molar-refractivity contribution in [3.05, 3.63) is 130 Å². The van der Waals surface area contributed by atoms with Crippen LogP contribution in [0.5, 0.6) is 0 Å². The van der Waals surface area contributed by atoms with E-state index in [0.717, 1.165) is 53.6 Å². The first kappa shape index (κ1) is 35.4. The van der Waals surface area contributed by atoms with Gasteiger partial charge in [-0.3, -0.25) is 13.9 Å². The maximum Gasteiger partial charge on any atom is 0.264 e. The standard InChI is InChI=1S/C37H38Cl2FN3O4S/c1-26-19-21-29(22-20-26)48(46,47)43(34-18-9-8-17-33(34)40)25-36(44)42(24-30-31(38)15-10-16-32(30)39)35(23-27-11-4-2-5-12-27)37(45)41-28-13-6-3-7-14-28/h2,4-5,8-12,15-22,28,35H,3,6-7,13-14,23-25H2,1H3,(H,41,45)/t35-/m1/s1. The van der Waals surface area contributed by atoms with Crippen molar-refractivity contribution in [2.45, 2.75) is 69.0 Å². The van der Waals surface area contributed by atoms with E-state index in [1.54, 1.807) is 30.3 Å². The topological polar surface area (TPSA) is 86.8 Å². The fourth-order valence-electron chi connectivity index (χ4n) is 5.96. The molecule has 0 radical (unpaired) electrons. The van der Waals surface area contributed by atoms with Crippen molar-refractivity contribution in [1.82, 2.24) is 10.2 Å². The Morgan fingerprint density at radius 2 is 1.48 bits per heavy atom. The van der Waals surface area contributed by atoms with E-state index in [4.69, 9.17) is 23.2 Å². The minimum absolute atomic E-state index is 0.0535. The Kier molecular flexibility index (Phi) is 11.8. The van der Waals surface area contributed by atoms with E-state index in [1.165, 1.54) is 35.2 Å². The van der Waals surface area contributed by atoms with Gasteiger partial charge < -0.3 is 10.2 Å². The highest BCUT2D eigenvalue weighted by Crippen LogP contribution is 2.30. The van der Waals surface area contributed by atoms with Gasteiger partial charge in [0.25, 0.3) is 10.0 Å². The van der Waals surface area contributed by atoms with Crippen LogP contribution in [0.3, 0.4) is 0 Å². The summed E-state index contributed by atoms with van der Waals surface area (Å²) < 4.78 is 44.4. The molecular weight excluding hydrogens is 672 g/mol. The molecular formula is C37H38Cl2FN3O4S. The molecule has 0 aromatic heterocycles. The van der Waals surface area contributed by atoms with E-state index in [9.17, 15) is 18.0 Å². The fraction of sp³-hybridized carbons (Fsp3) is 0.297. The zero-order valence-electron chi connectivity index (χ0n) is 26.6. The third-order valence-electron chi connectivity index (χ3n) is 8.62. The van der Waals surface area contributed by atoms with E-state index in [0.29, 0.717) is 5.56 Å². The van der Waals surface area contributed by atoms with Gasteiger partial charge in [0.1, 0.15) is 18.4 Å². The van der Waals surface area contributed by atoms with E-state index < -0.39 is 34.3 Å². The average molecular weight is 711 g/mol. The van der Waals surface area contributed by atoms with Crippen LogP contribution < -0.4 is 9.62 Å². The average Bonchev–Trinajstić information content (AvgIpc) is 3.07. The molecule has 4 aromatic rings. The molecule has 4 aromatic carbocycles. The molecule has 0 aliphatic heterocycles. The summed E-state index contributed by atoms with van der Waals surface area (Å²) in [5.41, 5.74) is 1.73. The number of nitrogens with zero attached hydrogens (tertiary/aromatic N) is 2. The number of sulfonamides is 1. The number of halogens is 3. The largest absolute Gasteiger partial charge is 0.352 e. The minimum atomic E-state index is -4.45. The Bertz CT molecular complexity index is 1820.